The van der Waals surface area contributed by atoms with Crippen LogP contribution in [0.5, 0.6) is 11.5 Å². The zero-order valence-corrected chi connectivity index (χ0v) is 18.1. The van der Waals surface area contributed by atoms with Crippen molar-refractivity contribution < 1.29 is 44.6 Å². The van der Waals surface area contributed by atoms with E-state index in [1.54, 1.807) is 6.07 Å². The lowest BCUT2D eigenvalue weighted by molar-refractivity contribution is -0.147. The third-order valence-electron chi connectivity index (χ3n) is 7.86. The van der Waals surface area contributed by atoms with Gasteiger partial charge in [-0.2, -0.15) is 0 Å². The van der Waals surface area contributed by atoms with Gasteiger partial charge in [-0.05, 0) is 50.4 Å². The monoisotopic (exact) mass is 461 g/mol. The summed E-state index contributed by atoms with van der Waals surface area (Å²) < 4.78 is 10.4. The number of Topliss-reactive ketones (excluding diaryl/α,β-unsaturated/α-hetero) is 1. The fourth-order valence-electron chi connectivity index (χ4n) is 6.34. The van der Waals surface area contributed by atoms with Crippen LogP contribution in [0.2, 0.25) is 0 Å². The first-order valence-corrected chi connectivity index (χ1v) is 11.1. The molecule has 5 N–H and O–H groups in total. The van der Waals surface area contributed by atoms with Crippen molar-refractivity contribution in [2.24, 2.45) is 5.92 Å². The van der Waals surface area contributed by atoms with Crippen LogP contribution < -0.4 is 4.74 Å². The van der Waals surface area contributed by atoms with Crippen LogP contribution in [0.1, 0.15) is 30.4 Å². The summed E-state index contributed by atoms with van der Waals surface area (Å²) in [5.41, 5.74) is 2.26. The lowest BCUT2D eigenvalue weighted by atomic mass is 9.52. The zero-order valence-electron chi connectivity index (χ0n) is 18.1. The van der Waals surface area contributed by atoms with Gasteiger partial charge in [0.15, 0.2) is 35.2 Å². The van der Waals surface area contributed by atoms with E-state index in [9.17, 15) is 14.7 Å². The molecule has 1 saturated heterocycles. The molecule has 1 aromatic rings. The second kappa shape index (κ2) is 7.61. The maximum atomic E-state index is 12.5. The Bertz CT molecular complexity index is 1050. The molecule has 0 radical (unpaired) electrons. The second-order valence-corrected chi connectivity index (χ2v) is 9.41. The van der Waals surface area contributed by atoms with Crippen molar-refractivity contribution in [3.63, 3.8) is 0 Å². The number of nitrogens with zero attached hydrogens (tertiary/aromatic N) is 1. The number of aliphatic hydroxyl groups excluding tert-OH is 4. The third kappa shape index (κ3) is 2.97. The third-order valence-corrected chi connectivity index (χ3v) is 7.86. The van der Waals surface area contributed by atoms with Gasteiger partial charge in [0.25, 0.3) is 0 Å². The SMILES string of the molecule is CN1CC[C@]23c4c5ccc(O)c4O[C@H]2C(=O)CC[C@H]3[C@H]1C5.O=C1O[C@H]([C@@H](O)CO)C(O)=C1O. The summed E-state index contributed by atoms with van der Waals surface area (Å²) in [5.74, 6) is -1.28. The molecule has 1 spiro atoms. The molecule has 0 unspecified atom stereocenters. The minimum atomic E-state index is -1.42. The fourth-order valence-corrected chi connectivity index (χ4v) is 6.34. The van der Waals surface area contributed by atoms with Crippen LogP contribution in [0.15, 0.2) is 23.7 Å². The Morgan fingerprint density at radius 1 is 1.21 bits per heavy atom. The molecule has 2 bridgehead atoms. The van der Waals surface area contributed by atoms with E-state index >= 15 is 0 Å². The number of piperidine rings is 1. The number of aromatic hydroxyl groups is 1. The molecule has 10 heteroatoms. The van der Waals surface area contributed by atoms with Crippen LogP contribution in [-0.4, -0.2) is 86.7 Å². The smallest absolute Gasteiger partial charge is 0.377 e. The highest BCUT2D eigenvalue weighted by Gasteiger charge is 2.65. The van der Waals surface area contributed by atoms with E-state index in [2.05, 4.69) is 16.7 Å². The quantitative estimate of drug-likeness (QED) is 0.386. The summed E-state index contributed by atoms with van der Waals surface area (Å²) in [5, 5.41) is 45.2. The van der Waals surface area contributed by atoms with Crippen molar-refractivity contribution in [1.29, 1.82) is 0 Å². The number of carbonyl (C=O) groups is 2. The Kier molecular flexibility index (Phi) is 5.07. The summed E-state index contributed by atoms with van der Waals surface area (Å²) in [6.07, 6.45) is 0.407. The van der Waals surface area contributed by atoms with Gasteiger partial charge in [0, 0.05) is 23.4 Å². The van der Waals surface area contributed by atoms with Crippen LogP contribution >= 0.6 is 0 Å². The molecule has 5 aliphatic rings. The van der Waals surface area contributed by atoms with Crippen LogP contribution in [0, 0.1) is 5.92 Å². The number of likely N-dealkylation sites (tertiary alicyclic amines) is 1. The molecule has 10 nitrogen and oxygen atoms in total. The first kappa shape index (κ1) is 22.0. The first-order chi connectivity index (χ1) is 15.7. The molecule has 178 valence electrons. The predicted molar refractivity (Wildman–Crippen MR) is 112 cm³/mol. The Labute approximate surface area is 189 Å². The lowest BCUT2D eigenvalue weighted by Gasteiger charge is -2.57. The van der Waals surface area contributed by atoms with Gasteiger partial charge in [-0.25, -0.2) is 4.79 Å². The summed E-state index contributed by atoms with van der Waals surface area (Å²) in [4.78, 5) is 25.5. The number of rotatable bonds is 2. The van der Waals surface area contributed by atoms with Crippen LogP contribution in [0.3, 0.4) is 0 Å². The predicted octanol–water partition coefficient (Wildman–Crippen LogP) is 0.223. The number of phenolic OH excluding ortho intramolecular Hbond substituents is 1. The van der Waals surface area contributed by atoms with E-state index in [0.29, 0.717) is 24.1 Å². The van der Waals surface area contributed by atoms with Crippen LogP contribution in [0.25, 0.3) is 0 Å². The van der Waals surface area contributed by atoms with Crippen LogP contribution in [0.4, 0.5) is 0 Å². The molecule has 33 heavy (non-hydrogen) atoms. The summed E-state index contributed by atoms with van der Waals surface area (Å²) in [7, 11) is 2.20. The van der Waals surface area contributed by atoms with Gasteiger partial charge in [-0.1, -0.05) is 6.07 Å². The average molecular weight is 461 g/mol. The average Bonchev–Trinajstić information content (AvgIpc) is 3.29. The molecule has 6 atom stereocenters. The van der Waals surface area contributed by atoms with Crippen molar-refractivity contribution in [1.82, 2.24) is 4.90 Å². The molecule has 1 saturated carbocycles. The minimum Gasteiger partial charge on any atom is -0.505 e. The molecular weight excluding hydrogens is 434 g/mol. The van der Waals surface area contributed by atoms with Gasteiger partial charge in [0.2, 0.25) is 5.76 Å². The van der Waals surface area contributed by atoms with E-state index in [1.165, 1.54) is 5.56 Å². The Morgan fingerprint density at radius 3 is 2.64 bits per heavy atom. The van der Waals surface area contributed by atoms with Gasteiger partial charge in [-0.15, -0.1) is 0 Å². The topological polar surface area (TPSA) is 157 Å². The molecule has 2 fully saturated rings. The largest absolute Gasteiger partial charge is 0.505 e. The number of aliphatic hydroxyl groups is 4. The summed E-state index contributed by atoms with van der Waals surface area (Å²) >= 11 is 0. The number of esters is 1. The van der Waals surface area contributed by atoms with Crippen molar-refractivity contribution in [2.45, 2.75) is 55.5 Å². The molecule has 1 aromatic carbocycles. The standard InChI is InChI=1S/C17H19NO3.C6H8O6/c1-18-7-6-17-10-3-5-13(20)16(17)21-15-12(19)4-2-9(14(15)17)8-11(10)18;7-1-2(8)5-3(9)4(10)6(11)12-5/h2,4,10-11,16,19H,3,5-8H2,1H3;2,5,7-10H,1H2/t10-,11+,16-,17-;2-,5+/m00/s1. The molecule has 3 heterocycles. The van der Waals surface area contributed by atoms with Crippen molar-refractivity contribution in [3.8, 4) is 11.5 Å². The first-order valence-electron chi connectivity index (χ1n) is 11.1. The Hall–Kier alpha value is -2.82. The number of benzene rings is 1. The maximum absolute atomic E-state index is 12.5. The molecular formula is C23H27NO9. The minimum absolute atomic E-state index is 0.172. The highest BCUT2D eigenvalue weighted by atomic mass is 16.6. The van der Waals surface area contributed by atoms with Crippen molar-refractivity contribution in [2.75, 3.05) is 20.2 Å². The maximum Gasteiger partial charge on any atom is 0.377 e. The van der Waals surface area contributed by atoms with Gasteiger partial charge in [0.05, 0.1) is 6.61 Å². The fraction of sp³-hybridized carbons (Fsp3) is 0.565. The summed E-state index contributed by atoms with van der Waals surface area (Å²) in [6.45, 7) is 0.331. The number of phenols is 1. The van der Waals surface area contributed by atoms with Gasteiger partial charge in [-0.3, -0.25) is 4.79 Å². The van der Waals surface area contributed by atoms with E-state index in [-0.39, 0.29) is 23.1 Å². The van der Waals surface area contributed by atoms with Crippen molar-refractivity contribution >= 4 is 11.8 Å². The van der Waals surface area contributed by atoms with E-state index in [4.69, 9.17) is 25.2 Å². The number of ketones is 1. The van der Waals surface area contributed by atoms with E-state index < -0.39 is 36.3 Å². The lowest BCUT2D eigenvalue weighted by Crippen LogP contribution is -2.65. The highest BCUT2D eigenvalue weighted by molar-refractivity contribution is 5.89. The molecule has 0 aromatic heterocycles. The number of cyclic esters (lactones) is 1. The Morgan fingerprint density at radius 2 is 1.97 bits per heavy atom. The van der Waals surface area contributed by atoms with Gasteiger partial charge >= 0.3 is 5.97 Å². The number of ether oxygens (including phenoxy) is 2. The Balaban J connectivity index is 0.000000164. The molecule has 3 aliphatic heterocycles. The normalized spacial score (nSPS) is 34.8. The number of likely N-dealkylation sites (N-methyl/N-ethyl adjacent to an activating group) is 1. The van der Waals surface area contributed by atoms with Gasteiger partial charge in [0.1, 0.15) is 6.10 Å². The highest BCUT2D eigenvalue weighted by Crippen LogP contribution is 2.62. The molecule has 2 aliphatic carbocycles. The molecule has 6 rings (SSSR count). The second-order valence-electron chi connectivity index (χ2n) is 9.41. The van der Waals surface area contributed by atoms with E-state index in [1.807, 2.05) is 6.07 Å². The number of hydrogen-bond donors (Lipinski definition) is 5. The zero-order chi connectivity index (χ0) is 23.7. The summed E-state index contributed by atoms with van der Waals surface area (Å²) in [6, 6.07) is 4.26. The van der Waals surface area contributed by atoms with E-state index in [0.717, 1.165) is 31.4 Å². The number of hydrogen-bond acceptors (Lipinski definition) is 10. The number of carbonyl (C=O) groups excluding carboxylic acids is 2. The van der Waals surface area contributed by atoms with Gasteiger partial charge < -0.3 is 39.9 Å². The van der Waals surface area contributed by atoms with Crippen LogP contribution in [-0.2, 0) is 26.2 Å². The van der Waals surface area contributed by atoms with Crippen molar-refractivity contribution in [3.05, 3.63) is 34.8 Å². The molecule has 0 amide bonds.